The lowest BCUT2D eigenvalue weighted by atomic mass is 10.1. The number of fused-ring (bicyclic) bond motifs is 1. The zero-order valence-electron chi connectivity index (χ0n) is 15.7. The Morgan fingerprint density at radius 3 is 2.48 bits per heavy atom. The number of nitrogens with zero attached hydrogens (tertiary/aromatic N) is 4. The lowest BCUT2D eigenvalue weighted by Crippen LogP contribution is -2.04. The van der Waals surface area contributed by atoms with E-state index in [-0.39, 0.29) is 5.82 Å². The van der Waals surface area contributed by atoms with E-state index < -0.39 is 0 Å². The van der Waals surface area contributed by atoms with Gasteiger partial charge in [0.25, 0.3) is 0 Å². The Balaban J connectivity index is 1.65. The highest BCUT2D eigenvalue weighted by atomic mass is 19.1. The Kier molecular flexibility index (Phi) is 4.44. The van der Waals surface area contributed by atoms with Gasteiger partial charge in [0, 0.05) is 36.2 Å². The molecule has 0 aliphatic carbocycles. The molecule has 0 radical (unpaired) electrons. The number of hydrogen-bond donors (Lipinski definition) is 0. The summed E-state index contributed by atoms with van der Waals surface area (Å²) in [5, 5.41) is 0.914. The van der Waals surface area contributed by atoms with E-state index in [1.807, 2.05) is 38.4 Å². The molecule has 4 rings (SSSR count). The van der Waals surface area contributed by atoms with Crippen molar-refractivity contribution < 1.29 is 4.39 Å². The van der Waals surface area contributed by atoms with Gasteiger partial charge in [-0.3, -0.25) is 0 Å². The third-order valence-electron chi connectivity index (χ3n) is 4.87. The molecule has 0 saturated carbocycles. The highest BCUT2D eigenvalue weighted by molar-refractivity contribution is 5.84. The molecule has 0 atom stereocenters. The summed E-state index contributed by atoms with van der Waals surface area (Å²) in [6.45, 7) is 3.61. The molecule has 0 fully saturated rings. The smallest absolute Gasteiger partial charge is 0.128 e. The van der Waals surface area contributed by atoms with Gasteiger partial charge in [0.15, 0.2) is 0 Å². The van der Waals surface area contributed by atoms with Crippen LogP contribution in [0.1, 0.15) is 22.9 Å². The van der Waals surface area contributed by atoms with Crippen molar-refractivity contribution in [3.8, 4) is 11.3 Å². The summed E-state index contributed by atoms with van der Waals surface area (Å²) in [4.78, 5) is 13.8. The predicted octanol–water partition coefficient (Wildman–Crippen LogP) is 4.57. The lowest BCUT2D eigenvalue weighted by molar-refractivity contribution is 0.620. The minimum Gasteiger partial charge on any atom is -0.337 e. The molecule has 0 spiro atoms. The summed E-state index contributed by atoms with van der Waals surface area (Å²) in [7, 11) is 2.01. The molecule has 2 aromatic carbocycles. The SMILES string of the molecule is Cc1nc(CCc2nc(-c3ccccc3)cn2C)c2ccc(F)c(C)c2n1. The summed E-state index contributed by atoms with van der Waals surface area (Å²) in [6.07, 6.45) is 3.53. The maximum atomic E-state index is 13.9. The van der Waals surface area contributed by atoms with Crippen LogP contribution < -0.4 is 0 Å². The highest BCUT2D eigenvalue weighted by Gasteiger charge is 2.13. The van der Waals surface area contributed by atoms with E-state index in [4.69, 9.17) is 4.98 Å². The first-order valence-corrected chi connectivity index (χ1v) is 9.03. The second-order valence-corrected chi connectivity index (χ2v) is 6.81. The van der Waals surface area contributed by atoms with E-state index in [0.29, 0.717) is 16.9 Å². The fourth-order valence-electron chi connectivity index (χ4n) is 3.40. The third-order valence-corrected chi connectivity index (χ3v) is 4.87. The normalized spacial score (nSPS) is 11.3. The largest absolute Gasteiger partial charge is 0.337 e. The van der Waals surface area contributed by atoms with Gasteiger partial charge in [0.1, 0.15) is 17.5 Å². The second kappa shape index (κ2) is 6.91. The fourth-order valence-corrected chi connectivity index (χ4v) is 3.40. The highest BCUT2D eigenvalue weighted by Crippen LogP contribution is 2.23. The van der Waals surface area contributed by atoms with Gasteiger partial charge in [-0.2, -0.15) is 0 Å². The van der Waals surface area contributed by atoms with Gasteiger partial charge >= 0.3 is 0 Å². The molecule has 2 aromatic heterocycles. The first-order valence-electron chi connectivity index (χ1n) is 9.03. The molecular formula is C22H21FN4. The van der Waals surface area contributed by atoms with E-state index in [9.17, 15) is 4.39 Å². The Morgan fingerprint density at radius 1 is 0.926 bits per heavy atom. The standard InChI is InChI=1S/C22H21FN4/c1-14-18(23)10-9-17-19(24-15(2)25-22(14)17)11-12-21-26-20(13-27(21)3)16-7-5-4-6-8-16/h4-10,13H,11-12H2,1-3H3. The number of aryl methyl sites for hydroxylation is 5. The number of halogens is 1. The first kappa shape index (κ1) is 17.3. The Hall–Kier alpha value is -3.08. The molecule has 4 aromatic rings. The number of hydrogen-bond acceptors (Lipinski definition) is 3. The van der Waals surface area contributed by atoms with Crippen LogP contribution in [0.2, 0.25) is 0 Å². The Morgan fingerprint density at radius 2 is 1.70 bits per heavy atom. The van der Waals surface area contributed by atoms with Crippen molar-refractivity contribution in [2.75, 3.05) is 0 Å². The van der Waals surface area contributed by atoms with E-state index >= 15 is 0 Å². The molecule has 5 heteroatoms. The fraction of sp³-hybridized carbons (Fsp3) is 0.227. The summed E-state index contributed by atoms with van der Waals surface area (Å²) >= 11 is 0. The predicted molar refractivity (Wildman–Crippen MR) is 105 cm³/mol. The molecule has 0 aliphatic rings. The van der Waals surface area contributed by atoms with Crippen LogP contribution in [0.15, 0.2) is 48.7 Å². The molecule has 0 amide bonds. The van der Waals surface area contributed by atoms with Gasteiger partial charge < -0.3 is 4.57 Å². The maximum absolute atomic E-state index is 13.9. The van der Waals surface area contributed by atoms with Gasteiger partial charge in [0.05, 0.1) is 16.9 Å². The molecular weight excluding hydrogens is 339 g/mol. The van der Waals surface area contributed by atoms with Gasteiger partial charge in [-0.1, -0.05) is 30.3 Å². The average molecular weight is 360 g/mol. The van der Waals surface area contributed by atoms with Gasteiger partial charge in [-0.05, 0) is 32.4 Å². The van der Waals surface area contributed by atoms with Crippen LogP contribution in [-0.2, 0) is 19.9 Å². The molecule has 0 saturated heterocycles. The van der Waals surface area contributed by atoms with Crippen molar-refractivity contribution in [3.05, 3.63) is 77.4 Å². The summed E-state index contributed by atoms with van der Waals surface area (Å²) in [5.74, 6) is 1.43. The van der Waals surface area contributed by atoms with E-state index in [0.717, 1.165) is 41.0 Å². The van der Waals surface area contributed by atoms with Gasteiger partial charge in [-0.25, -0.2) is 19.3 Å². The van der Waals surface area contributed by atoms with Crippen molar-refractivity contribution in [1.29, 1.82) is 0 Å². The summed E-state index contributed by atoms with van der Waals surface area (Å²) < 4.78 is 16.0. The lowest BCUT2D eigenvalue weighted by Gasteiger charge is -2.09. The van der Waals surface area contributed by atoms with Crippen molar-refractivity contribution in [2.24, 2.45) is 7.05 Å². The molecule has 0 bridgehead atoms. The van der Waals surface area contributed by atoms with Crippen LogP contribution in [0.5, 0.6) is 0 Å². The zero-order chi connectivity index (χ0) is 19.0. The van der Waals surface area contributed by atoms with E-state index in [1.54, 1.807) is 13.0 Å². The van der Waals surface area contributed by atoms with E-state index in [1.165, 1.54) is 6.07 Å². The molecule has 27 heavy (non-hydrogen) atoms. The van der Waals surface area contributed by atoms with Crippen LogP contribution in [-0.4, -0.2) is 19.5 Å². The quantitative estimate of drug-likeness (QED) is 0.535. The van der Waals surface area contributed by atoms with Crippen molar-refractivity contribution >= 4 is 10.9 Å². The molecule has 2 heterocycles. The molecule has 0 N–H and O–H groups in total. The van der Waals surface area contributed by atoms with Crippen LogP contribution in [0.4, 0.5) is 4.39 Å². The maximum Gasteiger partial charge on any atom is 0.128 e. The number of imidazole rings is 1. The first-order chi connectivity index (χ1) is 13.0. The summed E-state index contributed by atoms with van der Waals surface area (Å²) in [6, 6.07) is 13.4. The number of aromatic nitrogens is 4. The topological polar surface area (TPSA) is 43.6 Å². The van der Waals surface area contributed by atoms with Crippen LogP contribution >= 0.6 is 0 Å². The molecule has 4 nitrogen and oxygen atoms in total. The van der Waals surface area contributed by atoms with Gasteiger partial charge in [-0.15, -0.1) is 0 Å². The van der Waals surface area contributed by atoms with Gasteiger partial charge in [0.2, 0.25) is 0 Å². The van der Waals surface area contributed by atoms with Crippen molar-refractivity contribution in [3.63, 3.8) is 0 Å². The number of rotatable bonds is 4. The minimum absolute atomic E-state index is 0.233. The zero-order valence-corrected chi connectivity index (χ0v) is 15.7. The van der Waals surface area contributed by atoms with Crippen LogP contribution in [0.3, 0.4) is 0 Å². The monoisotopic (exact) mass is 360 g/mol. The summed E-state index contributed by atoms with van der Waals surface area (Å²) in [5.41, 5.74) is 4.28. The van der Waals surface area contributed by atoms with Crippen LogP contribution in [0.25, 0.3) is 22.2 Å². The third kappa shape index (κ3) is 3.33. The second-order valence-electron chi connectivity index (χ2n) is 6.81. The Labute approximate surface area is 157 Å². The molecule has 0 unspecified atom stereocenters. The van der Waals surface area contributed by atoms with Crippen LogP contribution in [0, 0.1) is 19.7 Å². The van der Waals surface area contributed by atoms with Crippen molar-refractivity contribution in [1.82, 2.24) is 19.5 Å². The van der Waals surface area contributed by atoms with E-state index in [2.05, 4.69) is 26.7 Å². The average Bonchev–Trinajstić information content (AvgIpc) is 3.04. The molecule has 136 valence electrons. The Bertz CT molecular complexity index is 1120. The molecule has 0 aliphatic heterocycles. The minimum atomic E-state index is -0.233. The van der Waals surface area contributed by atoms with Crippen molar-refractivity contribution in [2.45, 2.75) is 26.7 Å². The number of benzene rings is 2.